The summed E-state index contributed by atoms with van der Waals surface area (Å²) >= 11 is 0. The predicted octanol–water partition coefficient (Wildman–Crippen LogP) is 16.0. The van der Waals surface area contributed by atoms with Crippen molar-refractivity contribution < 1.29 is 34.5 Å². The molecule has 4 aromatic rings. The zero-order chi connectivity index (χ0) is 58.1. The van der Waals surface area contributed by atoms with E-state index in [1.165, 1.54) is 241 Å². The van der Waals surface area contributed by atoms with E-state index in [1.54, 1.807) is 0 Å². The third-order valence-electron chi connectivity index (χ3n) is 17.3. The fraction of sp³-hybridized carbons (Fsp3) is 0.571. The van der Waals surface area contributed by atoms with Gasteiger partial charge in [0.25, 0.3) is 0 Å². The second-order valence-electron chi connectivity index (χ2n) is 24.6. The van der Waals surface area contributed by atoms with Gasteiger partial charge in [-0.05, 0) is 59.7 Å². The minimum atomic E-state index is -4.74. The number of hydrogen-bond donors (Lipinski definition) is 0. The largest absolute Gasteiger partial charge is 2.00 e. The van der Waals surface area contributed by atoms with Crippen LogP contribution in [0.5, 0.6) is 0 Å². The molecule has 2 aromatic carbocycles. The third kappa shape index (κ3) is 20.0. The molecule has 5 aliphatic rings. The van der Waals surface area contributed by atoms with Crippen LogP contribution in [0.2, 0.25) is 0 Å². The summed E-state index contributed by atoms with van der Waals surface area (Å²) in [6.07, 6.45) is 62.6. The molecule has 0 spiro atoms. The Labute approximate surface area is 514 Å². The SMILES string of the molecule is CCCCCCCCCCCCCCCCCC[N+](C)(C)CCCCCCCCCCCCCCCCCC.O=S(=O)([O-])c1ccc2c3nc4nc(nc5[n-]c(nc6nc(nc([n-]3)c2c1)C1C=CC=CC=61)C1C=CC=CC=51)-c1ccccc1-4.[Cu+2]. The molecule has 2 atom stereocenters. The van der Waals surface area contributed by atoms with E-state index in [4.69, 9.17) is 39.9 Å². The minimum Gasteiger partial charge on any atom is -0.744 e. The van der Waals surface area contributed by atoms with Crippen LogP contribution in [0.4, 0.5) is 0 Å². The minimum absolute atomic E-state index is 0. The first-order valence-corrected chi connectivity index (χ1v) is 34.1. The van der Waals surface area contributed by atoms with Gasteiger partial charge in [-0.3, -0.25) is 0 Å². The van der Waals surface area contributed by atoms with E-state index in [2.05, 4.69) is 27.9 Å². The summed E-state index contributed by atoms with van der Waals surface area (Å²) in [5.74, 6) is 1.28. The average molecular weight is 1210 g/mol. The number of allylic oxidation sites excluding steroid dienone is 8. The Morgan fingerprint density at radius 3 is 1.43 bits per heavy atom. The average Bonchev–Trinajstić information content (AvgIpc) is 2.92. The Kier molecular flexibility index (Phi) is 27.6. The van der Waals surface area contributed by atoms with Crippen molar-refractivity contribution in [3.8, 4) is 22.8 Å². The van der Waals surface area contributed by atoms with Gasteiger partial charge in [0.1, 0.15) is 10.1 Å². The maximum absolute atomic E-state index is 12.0. The Balaban J connectivity index is 0.000000241. The Hall–Kier alpha value is -5.11. The maximum Gasteiger partial charge on any atom is 2.00 e. The van der Waals surface area contributed by atoms with Crippen LogP contribution in [-0.2, 0) is 27.2 Å². The molecular weight excluding hydrogens is 1110 g/mol. The Morgan fingerprint density at radius 2 is 0.929 bits per heavy atom. The number of hydrogen-bond acceptors (Lipinski definition) is 9. The van der Waals surface area contributed by atoms with Crippen molar-refractivity contribution in [3.63, 3.8) is 0 Å². The topological polar surface area (TPSA) is 163 Å². The number of quaternary nitrogens is 1. The Morgan fingerprint density at radius 1 is 0.476 bits per heavy atom. The van der Waals surface area contributed by atoms with Crippen molar-refractivity contribution in [2.45, 2.75) is 236 Å². The normalized spacial score (nSPS) is 15.4. The molecule has 2 aromatic heterocycles. The molecule has 8 bridgehead atoms. The van der Waals surface area contributed by atoms with Gasteiger partial charge in [-0.15, -0.1) is 0 Å². The Bertz CT molecular complexity index is 3260. The summed E-state index contributed by atoms with van der Waals surface area (Å²) in [6.45, 7) is 7.39. The molecule has 12 nitrogen and oxygen atoms in total. The van der Waals surface area contributed by atoms with Crippen LogP contribution in [0.25, 0.3) is 56.0 Å². The zero-order valence-corrected chi connectivity index (χ0v) is 53.1. The quantitative estimate of drug-likeness (QED) is 0.0164. The van der Waals surface area contributed by atoms with Crippen molar-refractivity contribution in [2.24, 2.45) is 0 Å². The van der Waals surface area contributed by atoms with E-state index in [0.717, 1.165) is 22.3 Å². The molecule has 457 valence electrons. The van der Waals surface area contributed by atoms with E-state index in [9.17, 15) is 13.0 Å². The van der Waals surface area contributed by atoms with Gasteiger partial charge in [0.2, 0.25) is 0 Å². The molecule has 0 fully saturated rings. The molecule has 2 aliphatic carbocycles. The van der Waals surface area contributed by atoms with Gasteiger partial charge >= 0.3 is 17.1 Å². The molecule has 14 heteroatoms. The maximum atomic E-state index is 12.0. The zero-order valence-electron chi connectivity index (χ0n) is 51.3. The summed E-state index contributed by atoms with van der Waals surface area (Å²) in [5.41, 5.74) is 4.73. The number of benzene rings is 2. The number of aromatic nitrogens is 8. The fourth-order valence-electron chi connectivity index (χ4n) is 12.2. The summed E-state index contributed by atoms with van der Waals surface area (Å²) in [6, 6.07) is 11.7. The number of unbranched alkanes of at least 4 members (excludes halogenated alkanes) is 30. The summed E-state index contributed by atoms with van der Waals surface area (Å²) in [5, 5.41) is 0.867. The van der Waals surface area contributed by atoms with Crippen molar-refractivity contribution in [3.05, 3.63) is 114 Å². The molecule has 0 N–H and O–H groups in total. The molecule has 3 aliphatic heterocycles. The van der Waals surface area contributed by atoms with Crippen LogP contribution in [0.3, 0.4) is 0 Å². The number of nitrogens with zero attached hydrogens (tertiary/aromatic N) is 9. The van der Waals surface area contributed by atoms with E-state index < -0.39 is 10.1 Å². The first-order valence-electron chi connectivity index (χ1n) is 32.7. The van der Waals surface area contributed by atoms with Crippen molar-refractivity contribution in [1.29, 1.82) is 0 Å². The molecule has 5 heterocycles. The van der Waals surface area contributed by atoms with Gasteiger partial charge in [-0.25, -0.2) is 18.4 Å². The van der Waals surface area contributed by atoms with Gasteiger partial charge in [-0.1, -0.05) is 273 Å². The molecular formula is C70H97CuN9O3S. The van der Waals surface area contributed by atoms with E-state index in [-0.39, 0.29) is 45.1 Å². The van der Waals surface area contributed by atoms with Crippen LogP contribution in [-0.4, -0.2) is 74.5 Å². The molecule has 0 amide bonds. The standard InChI is InChI=1S/C38H80N.C32H18N8O3S.Cu/c1-5-7-9-11-13-15-17-19-21-23-25-27-29-31-33-35-37-39(3,4)38-36-34-32-30-28-26-24-22-20-18-16-14-12-10-8-6-2;41-44(42,43)16-13-14-23-24(15-16)32-39-30-22-12-6-5-11-21(22)28(37-30)35-26-18-8-2-1-7-17(18)25(33-26)34-27-19-9-3-4-10-20(19)29(36-27)38-31(23)40-32;/h5-38H2,1-4H3;1-15,18,22H,(H-2,33,34,35,36,37,38,39,40,41,42,43);/q+1;-2;+2/p-1. The van der Waals surface area contributed by atoms with Gasteiger partial charge < -0.3 is 38.9 Å². The molecule has 84 heavy (non-hydrogen) atoms. The van der Waals surface area contributed by atoms with Gasteiger partial charge in [-0.2, -0.15) is 0 Å². The molecule has 0 saturated heterocycles. The second kappa shape index (κ2) is 34.9. The number of rotatable bonds is 35. The predicted molar refractivity (Wildman–Crippen MR) is 340 cm³/mol. The van der Waals surface area contributed by atoms with Crippen molar-refractivity contribution in [2.75, 3.05) is 27.2 Å². The first kappa shape index (κ1) is 66.4. The number of fused-ring (bicyclic) bond motifs is 18. The van der Waals surface area contributed by atoms with Gasteiger partial charge in [0.05, 0.1) is 55.0 Å². The molecule has 2 unspecified atom stereocenters. The van der Waals surface area contributed by atoms with Crippen LogP contribution in [0, 0.1) is 0 Å². The van der Waals surface area contributed by atoms with Crippen LogP contribution in [0.1, 0.15) is 243 Å². The van der Waals surface area contributed by atoms with Crippen LogP contribution in [0.15, 0.2) is 96.0 Å². The summed E-state index contributed by atoms with van der Waals surface area (Å²) in [7, 11) is 0.201. The van der Waals surface area contributed by atoms with E-state index in [1.807, 2.05) is 72.9 Å². The molecule has 0 saturated carbocycles. The second-order valence-corrected chi connectivity index (χ2v) is 26.0. The first-order chi connectivity index (χ1) is 40.5. The van der Waals surface area contributed by atoms with Crippen LogP contribution >= 0.6 is 0 Å². The summed E-state index contributed by atoms with van der Waals surface area (Å²) in [4.78, 5) is 38.3. The molecule has 9 rings (SSSR count). The van der Waals surface area contributed by atoms with E-state index >= 15 is 0 Å². The summed E-state index contributed by atoms with van der Waals surface area (Å²) < 4.78 is 37.1. The third-order valence-corrected chi connectivity index (χ3v) is 18.1. The van der Waals surface area contributed by atoms with Gasteiger partial charge in [0.15, 0.2) is 0 Å². The van der Waals surface area contributed by atoms with Crippen molar-refractivity contribution in [1.82, 2.24) is 39.9 Å². The fourth-order valence-corrected chi connectivity index (χ4v) is 12.7. The van der Waals surface area contributed by atoms with Crippen LogP contribution < -0.4 is 20.9 Å². The van der Waals surface area contributed by atoms with E-state index in [0.29, 0.717) is 45.0 Å². The monoisotopic (exact) mass is 1210 g/mol. The molecule has 1 radical (unpaired) electrons. The van der Waals surface area contributed by atoms with Crippen molar-refractivity contribution >= 4 is 43.3 Å². The smallest absolute Gasteiger partial charge is 0.744 e. The van der Waals surface area contributed by atoms with Gasteiger partial charge in [0, 0.05) is 45.6 Å².